The quantitative estimate of drug-likeness (QED) is 0.327. The van der Waals surface area contributed by atoms with E-state index in [9.17, 15) is 4.79 Å². The molecular weight excluding hydrogens is 192 g/mol. The van der Waals surface area contributed by atoms with Gasteiger partial charge in [0.05, 0.1) is 0 Å². The molecule has 2 bridgehead atoms. The van der Waals surface area contributed by atoms with Gasteiger partial charge in [-0.25, -0.2) is 5.26 Å². The average molecular weight is 204 g/mol. The molecule has 0 radical (unpaired) electrons. The standard InChI is InChI=1S/C8H12O4S/c9-7-3-6-1-2-8(7,4-6)5-13-12-11-10/h6,10H,1-5H2. The zero-order chi connectivity index (χ0) is 9.31. The van der Waals surface area contributed by atoms with Crippen molar-refractivity contribution in [2.75, 3.05) is 5.75 Å². The number of carbonyl (C=O) groups excluding carboxylic acids is 1. The van der Waals surface area contributed by atoms with E-state index in [0.29, 0.717) is 17.5 Å². The normalized spacial score (nSPS) is 37.3. The van der Waals surface area contributed by atoms with Crippen molar-refractivity contribution in [1.82, 2.24) is 0 Å². The highest BCUT2D eigenvalue weighted by molar-refractivity contribution is 7.94. The van der Waals surface area contributed by atoms with Gasteiger partial charge in [0.1, 0.15) is 5.78 Å². The minimum absolute atomic E-state index is 0.173. The first-order valence-corrected chi connectivity index (χ1v) is 5.31. The predicted molar refractivity (Wildman–Crippen MR) is 46.7 cm³/mol. The minimum atomic E-state index is -0.173. The zero-order valence-corrected chi connectivity index (χ0v) is 8.01. The van der Waals surface area contributed by atoms with Gasteiger partial charge in [-0.2, -0.15) is 0 Å². The van der Waals surface area contributed by atoms with Crippen LogP contribution in [0.2, 0.25) is 0 Å². The highest BCUT2D eigenvalue weighted by Crippen LogP contribution is 2.53. The smallest absolute Gasteiger partial charge is 0.140 e. The number of fused-ring (bicyclic) bond motifs is 2. The van der Waals surface area contributed by atoms with E-state index in [1.54, 1.807) is 0 Å². The van der Waals surface area contributed by atoms with Crippen molar-refractivity contribution in [2.45, 2.75) is 25.7 Å². The molecule has 2 aliphatic carbocycles. The molecule has 0 aromatic heterocycles. The molecule has 0 amide bonds. The van der Waals surface area contributed by atoms with Gasteiger partial charge in [0.25, 0.3) is 0 Å². The molecule has 4 nitrogen and oxygen atoms in total. The molecule has 13 heavy (non-hydrogen) atoms. The van der Waals surface area contributed by atoms with Gasteiger partial charge < -0.3 is 0 Å². The first-order valence-electron chi connectivity index (χ1n) is 4.40. The van der Waals surface area contributed by atoms with Gasteiger partial charge >= 0.3 is 0 Å². The number of hydrogen-bond donors (Lipinski definition) is 1. The van der Waals surface area contributed by atoms with Crippen LogP contribution >= 0.6 is 12.0 Å². The summed E-state index contributed by atoms with van der Waals surface area (Å²) in [5, 5.41) is 11.4. The van der Waals surface area contributed by atoms with Crippen LogP contribution in [0, 0.1) is 11.3 Å². The molecule has 2 atom stereocenters. The SMILES string of the molecule is O=C1CC2CCC1(CSOOO)C2. The second-order valence-electron chi connectivity index (χ2n) is 3.92. The highest BCUT2D eigenvalue weighted by Gasteiger charge is 2.51. The molecule has 0 aliphatic heterocycles. The average Bonchev–Trinajstić information content (AvgIpc) is 2.62. The zero-order valence-electron chi connectivity index (χ0n) is 7.19. The van der Waals surface area contributed by atoms with Crippen LogP contribution < -0.4 is 0 Å². The topological polar surface area (TPSA) is 55.8 Å². The molecule has 0 heterocycles. The van der Waals surface area contributed by atoms with Crippen molar-refractivity contribution in [1.29, 1.82) is 0 Å². The molecule has 2 aliphatic rings. The molecule has 5 heteroatoms. The lowest BCUT2D eigenvalue weighted by molar-refractivity contribution is -0.432. The Morgan fingerprint density at radius 3 is 3.08 bits per heavy atom. The lowest BCUT2D eigenvalue weighted by Gasteiger charge is -2.22. The van der Waals surface area contributed by atoms with Crippen LogP contribution in [0.3, 0.4) is 0 Å². The monoisotopic (exact) mass is 204 g/mol. The summed E-state index contributed by atoms with van der Waals surface area (Å²) in [5.74, 6) is 1.56. The molecule has 0 spiro atoms. The maximum atomic E-state index is 11.6. The van der Waals surface area contributed by atoms with E-state index in [4.69, 9.17) is 5.26 Å². The predicted octanol–water partition coefficient (Wildman–Crippen LogP) is 1.82. The summed E-state index contributed by atoms with van der Waals surface area (Å²) >= 11 is 1.01. The van der Waals surface area contributed by atoms with Crippen LogP contribution in [0.5, 0.6) is 0 Å². The molecule has 2 unspecified atom stereocenters. The van der Waals surface area contributed by atoms with Crippen LogP contribution in [0.1, 0.15) is 25.7 Å². The maximum absolute atomic E-state index is 11.6. The molecule has 1 N–H and O–H groups in total. The summed E-state index contributed by atoms with van der Waals surface area (Å²) in [4.78, 5) is 11.6. The summed E-state index contributed by atoms with van der Waals surface area (Å²) in [6.07, 6.45) is 3.86. The second kappa shape index (κ2) is 3.57. The lowest BCUT2D eigenvalue weighted by atomic mass is 9.85. The molecule has 2 saturated carbocycles. The van der Waals surface area contributed by atoms with Gasteiger partial charge in [-0.05, 0) is 25.2 Å². The Morgan fingerprint density at radius 2 is 2.54 bits per heavy atom. The molecular formula is C8H12O4S. The van der Waals surface area contributed by atoms with E-state index < -0.39 is 0 Å². The Balaban J connectivity index is 1.91. The van der Waals surface area contributed by atoms with Crippen molar-refractivity contribution >= 4 is 17.8 Å². The van der Waals surface area contributed by atoms with Crippen LogP contribution in [0.4, 0.5) is 0 Å². The Kier molecular flexibility index (Phi) is 2.60. The summed E-state index contributed by atoms with van der Waals surface area (Å²) in [6, 6.07) is 0. The lowest BCUT2D eigenvalue weighted by Crippen LogP contribution is -2.27. The van der Waals surface area contributed by atoms with Gasteiger partial charge in [0.2, 0.25) is 0 Å². The van der Waals surface area contributed by atoms with E-state index in [1.807, 2.05) is 0 Å². The van der Waals surface area contributed by atoms with Crippen LogP contribution in [-0.2, 0) is 14.2 Å². The summed E-state index contributed by atoms with van der Waals surface area (Å²) in [7, 11) is 0. The third kappa shape index (κ3) is 1.61. The summed E-state index contributed by atoms with van der Waals surface area (Å²) in [5.41, 5.74) is -0.173. The highest BCUT2D eigenvalue weighted by atomic mass is 32.2. The number of rotatable bonds is 4. The molecule has 2 rings (SSSR count). The van der Waals surface area contributed by atoms with Crippen molar-refractivity contribution in [3.8, 4) is 0 Å². The first-order chi connectivity index (χ1) is 6.27. The number of hydrogen-bond acceptors (Lipinski definition) is 5. The number of ketones is 1. The maximum Gasteiger partial charge on any atom is 0.140 e. The van der Waals surface area contributed by atoms with Gasteiger partial charge in [-0.1, -0.05) is 5.04 Å². The van der Waals surface area contributed by atoms with E-state index in [1.165, 1.54) is 0 Å². The van der Waals surface area contributed by atoms with E-state index >= 15 is 0 Å². The Labute approximate surface area is 80.7 Å². The first kappa shape index (κ1) is 9.45. The Morgan fingerprint density at radius 1 is 1.69 bits per heavy atom. The van der Waals surface area contributed by atoms with Gasteiger partial charge in [-0.3, -0.25) is 4.79 Å². The number of Topliss-reactive ketones (excluding diaryl/α,β-unsaturated/α-hetero) is 1. The van der Waals surface area contributed by atoms with Crippen LogP contribution in [0.25, 0.3) is 0 Å². The van der Waals surface area contributed by atoms with Crippen LogP contribution in [0.15, 0.2) is 0 Å². The largest absolute Gasteiger partial charge is 0.299 e. The Hall–Kier alpha value is -0.100. The fraction of sp³-hybridized carbons (Fsp3) is 0.875. The molecule has 74 valence electrons. The fourth-order valence-corrected chi connectivity index (χ4v) is 3.25. The third-order valence-electron chi connectivity index (χ3n) is 3.19. The summed E-state index contributed by atoms with van der Waals surface area (Å²) < 4.78 is 4.31. The molecule has 0 saturated heterocycles. The fourth-order valence-electron chi connectivity index (χ4n) is 2.51. The van der Waals surface area contributed by atoms with E-state index in [0.717, 1.165) is 37.7 Å². The molecule has 0 aromatic rings. The van der Waals surface area contributed by atoms with Crippen molar-refractivity contribution in [3.05, 3.63) is 0 Å². The second-order valence-corrected chi connectivity index (χ2v) is 4.58. The molecule has 0 aromatic carbocycles. The third-order valence-corrected chi connectivity index (χ3v) is 4.02. The van der Waals surface area contributed by atoms with Crippen molar-refractivity contribution in [2.24, 2.45) is 11.3 Å². The van der Waals surface area contributed by atoms with Crippen molar-refractivity contribution in [3.63, 3.8) is 0 Å². The summed E-state index contributed by atoms with van der Waals surface area (Å²) in [6.45, 7) is 0. The van der Waals surface area contributed by atoms with E-state index in [-0.39, 0.29) is 5.41 Å². The van der Waals surface area contributed by atoms with Crippen LogP contribution in [-0.4, -0.2) is 16.8 Å². The number of carbonyl (C=O) groups is 1. The van der Waals surface area contributed by atoms with Crippen molar-refractivity contribution < 1.29 is 19.4 Å². The van der Waals surface area contributed by atoms with Gasteiger partial charge in [-0.15, -0.1) is 4.33 Å². The Bertz CT molecular complexity index is 220. The van der Waals surface area contributed by atoms with E-state index in [2.05, 4.69) is 9.37 Å². The minimum Gasteiger partial charge on any atom is -0.299 e. The van der Waals surface area contributed by atoms with Gasteiger partial charge in [0.15, 0.2) is 0 Å². The molecule has 2 fully saturated rings. The van der Waals surface area contributed by atoms with Gasteiger partial charge in [0, 0.05) is 29.6 Å².